The van der Waals surface area contributed by atoms with Crippen LogP contribution in [-0.4, -0.2) is 5.38 Å². The zero-order chi connectivity index (χ0) is 11.5. The smallest absolute Gasteiger partial charge is 0.123 e. The SMILES string of the molecule is Cc1cc(F)ccc1CC1=CC(Cl)CCC1. The number of aryl methyl sites for hydroxylation is 1. The van der Waals surface area contributed by atoms with E-state index in [2.05, 4.69) is 6.08 Å². The minimum absolute atomic E-state index is 0.158. The van der Waals surface area contributed by atoms with Crippen LogP contribution in [0.3, 0.4) is 0 Å². The monoisotopic (exact) mass is 238 g/mol. The number of alkyl halides is 1. The third-order valence-corrected chi connectivity index (χ3v) is 3.46. The highest BCUT2D eigenvalue weighted by atomic mass is 35.5. The van der Waals surface area contributed by atoms with Crippen molar-refractivity contribution in [3.05, 3.63) is 46.8 Å². The predicted octanol–water partition coefficient (Wildman–Crippen LogP) is 4.39. The van der Waals surface area contributed by atoms with Gasteiger partial charge in [0.1, 0.15) is 5.82 Å². The number of hydrogen-bond acceptors (Lipinski definition) is 0. The Morgan fingerprint density at radius 3 is 2.94 bits per heavy atom. The van der Waals surface area contributed by atoms with Gasteiger partial charge in [0.05, 0.1) is 5.38 Å². The van der Waals surface area contributed by atoms with Gasteiger partial charge in [0.2, 0.25) is 0 Å². The molecule has 16 heavy (non-hydrogen) atoms. The summed E-state index contributed by atoms with van der Waals surface area (Å²) in [4.78, 5) is 0. The second-order valence-corrected chi connectivity index (χ2v) is 5.04. The Hall–Kier alpha value is -0.820. The summed E-state index contributed by atoms with van der Waals surface area (Å²) in [6.45, 7) is 1.96. The van der Waals surface area contributed by atoms with Crippen LogP contribution in [0.2, 0.25) is 0 Å². The van der Waals surface area contributed by atoms with Crippen molar-refractivity contribution in [3.8, 4) is 0 Å². The predicted molar refractivity (Wildman–Crippen MR) is 66.4 cm³/mol. The van der Waals surface area contributed by atoms with Crippen LogP contribution in [0, 0.1) is 12.7 Å². The van der Waals surface area contributed by atoms with Crippen molar-refractivity contribution in [3.63, 3.8) is 0 Å². The molecule has 1 aromatic rings. The van der Waals surface area contributed by atoms with E-state index in [1.807, 2.05) is 13.0 Å². The average molecular weight is 239 g/mol. The summed E-state index contributed by atoms with van der Waals surface area (Å²) in [6, 6.07) is 5.00. The van der Waals surface area contributed by atoms with E-state index in [0.717, 1.165) is 24.8 Å². The van der Waals surface area contributed by atoms with Gasteiger partial charge in [-0.15, -0.1) is 11.6 Å². The molecule has 0 amide bonds. The Kier molecular flexibility index (Phi) is 3.65. The van der Waals surface area contributed by atoms with Crippen molar-refractivity contribution in [2.45, 2.75) is 38.0 Å². The minimum Gasteiger partial charge on any atom is -0.207 e. The molecule has 0 saturated heterocycles. The maximum absolute atomic E-state index is 13.0. The van der Waals surface area contributed by atoms with E-state index in [-0.39, 0.29) is 11.2 Å². The minimum atomic E-state index is -0.158. The lowest BCUT2D eigenvalue weighted by Crippen LogP contribution is -2.05. The van der Waals surface area contributed by atoms with Gasteiger partial charge in [-0.25, -0.2) is 4.39 Å². The fourth-order valence-electron chi connectivity index (χ4n) is 2.20. The number of benzene rings is 1. The van der Waals surface area contributed by atoms with Crippen molar-refractivity contribution in [2.75, 3.05) is 0 Å². The summed E-state index contributed by atoms with van der Waals surface area (Å²) in [6.07, 6.45) is 6.44. The maximum Gasteiger partial charge on any atom is 0.123 e. The molecule has 0 bridgehead atoms. The first-order valence-corrected chi connectivity index (χ1v) is 6.17. The van der Waals surface area contributed by atoms with Gasteiger partial charge < -0.3 is 0 Å². The van der Waals surface area contributed by atoms with E-state index < -0.39 is 0 Å². The Labute approximate surface area is 101 Å². The lowest BCUT2D eigenvalue weighted by Gasteiger charge is -2.17. The summed E-state index contributed by atoms with van der Waals surface area (Å²) in [5.41, 5.74) is 3.62. The molecule has 1 aromatic carbocycles. The van der Waals surface area contributed by atoms with Crippen molar-refractivity contribution in [1.82, 2.24) is 0 Å². The molecule has 1 aliphatic carbocycles. The number of rotatable bonds is 2. The van der Waals surface area contributed by atoms with Crippen molar-refractivity contribution < 1.29 is 4.39 Å². The van der Waals surface area contributed by atoms with Crippen LogP contribution in [0.1, 0.15) is 30.4 Å². The highest BCUT2D eigenvalue weighted by Crippen LogP contribution is 2.25. The highest BCUT2D eigenvalue weighted by molar-refractivity contribution is 6.21. The molecule has 86 valence electrons. The zero-order valence-electron chi connectivity index (χ0n) is 9.47. The van der Waals surface area contributed by atoms with Gasteiger partial charge in [0.15, 0.2) is 0 Å². The normalized spacial score (nSPS) is 20.7. The van der Waals surface area contributed by atoms with E-state index in [1.165, 1.54) is 23.6 Å². The maximum atomic E-state index is 13.0. The quantitative estimate of drug-likeness (QED) is 0.529. The first-order valence-electron chi connectivity index (χ1n) is 5.74. The van der Waals surface area contributed by atoms with Gasteiger partial charge in [-0.2, -0.15) is 0 Å². The molecule has 0 heterocycles. The fourth-order valence-corrected chi connectivity index (χ4v) is 2.53. The Morgan fingerprint density at radius 1 is 1.44 bits per heavy atom. The van der Waals surface area contributed by atoms with Crippen LogP contribution in [0.15, 0.2) is 29.8 Å². The summed E-state index contributed by atoms with van der Waals surface area (Å²) in [5, 5.41) is 0.185. The van der Waals surface area contributed by atoms with E-state index in [0.29, 0.717) is 0 Å². The molecule has 0 aliphatic heterocycles. The van der Waals surface area contributed by atoms with Crippen LogP contribution < -0.4 is 0 Å². The molecule has 1 atom stereocenters. The molecule has 0 saturated carbocycles. The van der Waals surface area contributed by atoms with Gasteiger partial charge in [-0.3, -0.25) is 0 Å². The highest BCUT2D eigenvalue weighted by Gasteiger charge is 2.12. The van der Waals surface area contributed by atoms with Crippen LogP contribution in [-0.2, 0) is 6.42 Å². The summed E-state index contributed by atoms with van der Waals surface area (Å²) < 4.78 is 13.0. The Bertz CT molecular complexity index is 409. The lowest BCUT2D eigenvalue weighted by atomic mass is 9.92. The van der Waals surface area contributed by atoms with Gasteiger partial charge in [0, 0.05) is 0 Å². The molecule has 0 fully saturated rings. The summed E-state index contributed by atoms with van der Waals surface area (Å²) >= 11 is 6.11. The van der Waals surface area contributed by atoms with Crippen LogP contribution in [0.25, 0.3) is 0 Å². The third-order valence-electron chi connectivity index (χ3n) is 3.12. The summed E-state index contributed by atoms with van der Waals surface area (Å²) in [7, 11) is 0. The van der Waals surface area contributed by atoms with Crippen LogP contribution in [0.4, 0.5) is 4.39 Å². The standard InChI is InChI=1S/C14H16ClF/c1-10-7-14(16)6-5-12(10)8-11-3-2-4-13(15)9-11/h5-7,9,13H,2-4,8H2,1H3. The van der Waals surface area contributed by atoms with Crippen molar-refractivity contribution >= 4 is 11.6 Å². The molecule has 2 heteroatoms. The van der Waals surface area contributed by atoms with E-state index in [9.17, 15) is 4.39 Å². The van der Waals surface area contributed by atoms with Crippen molar-refractivity contribution in [2.24, 2.45) is 0 Å². The van der Waals surface area contributed by atoms with E-state index in [4.69, 9.17) is 11.6 Å². The third kappa shape index (κ3) is 2.85. The molecule has 0 aromatic heterocycles. The molecule has 0 nitrogen and oxygen atoms in total. The first kappa shape index (κ1) is 11.7. The molecule has 0 radical (unpaired) electrons. The Balaban J connectivity index is 2.14. The van der Waals surface area contributed by atoms with Gasteiger partial charge >= 0.3 is 0 Å². The topological polar surface area (TPSA) is 0 Å². The molecule has 1 unspecified atom stereocenters. The molecule has 1 aliphatic rings. The second kappa shape index (κ2) is 5.01. The number of halogens is 2. The fraction of sp³-hybridized carbons (Fsp3) is 0.429. The second-order valence-electron chi connectivity index (χ2n) is 4.48. The van der Waals surface area contributed by atoms with E-state index in [1.54, 1.807) is 6.07 Å². The number of allylic oxidation sites excluding steroid dienone is 2. The lowest BCUT2D eigenvalue weighted by molar-refractivity contribution is 0.625. The number of hydrogen-bond donors (Lipinski definition) is 0. The molecular formula is C14H16ClF. The summed E-state index contributed by atoms with van der Waals surface area (Å²) in [5.74, 6) is -0.158. The van der Waals surface area contributed by atoms with Crippen LogP contribution >= 0.6 is 11.6 Å². The van der Waals surface area contributed by atoms with E-state index >= 15 is 0 Å². The van der Waals surface area contributed by atoms with Crippen molar-refractivity contribution in [1.29, 1.82) is 0 Å². The van der Waals surface area contributed by atoms with Crippen LogP contribution in [0.5, 0.6) is 0 Å². The van der Waals surface area contributed by atoms with Gasteiger partial charge in [0.25, 0.3) is 0 Å². The largest absolute Gasteiger partial charge is 0.207 e. The van der Waals surface area contributed by atoms with Gasteiger partial charge in [-0.05, 0) is 55.9 Å². The zero-order valence-corrected chi connectivity index (χ0v) is 10.2. The average Bonchev–Trinajstić information content (AvgIpc) is 2.22. The Morgan fingerprint density at radius 2 is 2.25 bits per heavy atom. The molecular weight excluding hydrogens is 223 g/mol. The molecule has 2 rings (SSSR count). The molecule has 0 N–H and O–H groups in total. The molecule has 0 spiro atoms. The first-order chi connectivity index (χ1) is 7.65. The van der Waals surface area contributed by atoms with Gasteiger partial charge in [-0.1, -0.05) is 17.7 Å².